The van der Waals surface area contributed by atoms with E-state index in [1.807, 2.05) is 60.8 Å². The zero-order valence-corrected chi connectivity index (χ0v) is 17.8. The second-order valence-corrected chi connectivity index (χ2v) is 9.10. The van der Waals surface area contributed by atoms with Crippen LogP contribution in [0.25, 0.3) is 11.6 Å². The maximum atomic E-state index is 11.3. The van der Waals surface area contributed by atoms with Gasteiger partial charge in [0.15, 0.2) is 4.80 Å². The summed E-state index contributed by atoms with van der Waals surface area (Å²) in [5.74, 6) is 0.835. The highest BCUT2D eigenvalue weighted by Crippen LogP contribution is 2.39. The monoisotopic (exact) mass is 415 g/mol. The molecule has 1 N–H and O–H groups in total. The molecule has 4 nitrogen and oxygen atoms in total. The van der Waals surface area contributed by atoms with Crippen LogP contribution in [0.1, 0.15) is 49.1 Å². The zero-order valence-electron chi connectivity index (χ0n) is 17.0. The maximum absolute atomic E-state index is 11.3. The molecular weight excluding hydrogens is 390 g/mol. The van der Waals surface area contributed by atoms with Gasteiger partial charge >= 0.3 is 0 Å². The van der Waals surface area contributed by atoms with Gasteiger partial charge in [-0.05, 0) is 43.0 Å². The third-order valence-corrected chi connectivity index (χ3v) is 7.07. The van der Waals surface area contributed by atoms with Crippen molar-refractivity contribution in [1.29, 1.82) is 0 Å². The molecular formula is C25H25N3OS. The van der Waals surface area contributed by atoms with Gasteiger partial charge in [0.25, 0.3) is 0 Å². The van der Waals surface area contributed by atoms with Crippen LogP contribution in [0.2, 0.25) is 0 Å². The normalized spacial score (nSPS) is 22.6. The lowest BCUT2D eigenvalue weighted by molar-refractivity contribution is 0.234. The van der Waals surface area contributed by atoms with Crippen LogP contribution in [0, 0.1) is 5.92 Å². The third kappa shape index (κ3) is 3.54. The van der Waals surface area contributed by atoms with Gasteiger partial charge in [-0.25, -0.2) is 4.99 Å². The van der Waals surface area contributed by atoms with Crippen LogP contribution in [0.3, 0.4) is 0 Å². The molecule has 2 heterocycles. The number of para-hydroxylation sites is 2. The lowest BCUT2D eigenvalue weighted by Gasteiger charge is -2.30. The standard InChI is InChI=1S/C25H25N3OS/c1-17-9-5-8-14-22(17)28-24(29)23(30-25(28)27-19-10-3-2-4-11-19)15-18-16-26-21-13-7-6-12-20(18)21/h2-4,6-7,10-13,15-17,22,29H,5,8-9,14H2,1H3/t17-,22+/m0/s1. The fourth-order valence-corrected chi connectivity index (χ4v) is 5.50. The number of allylic oxidation sites excluding steroid dienone is 1. The van der Waals surface area contributed by atoms with E-state index in [4.69, 9.17) is 4.99 Å². The Morgan fingerprint density at radius 1 is 1.07 bits per heavy atom. The number of hydrogen-bond donors (Lipinski definition) is 1. The minimum Gasteiger partial charge on any atom is -0.493 e. The molecule has 2 aromatic carbocycles. The first kappa shape index (κ1) is 19.1. The van der Waals surface area contributed by atoms with Crippen molar-refractivity contribution in [2.75, 3.05) is 0 Å². The second-order valence-electron chi connectivity index (χ2n) is 8.09. The summed E-state index contributed by atoms with van der Waals surface area (Å²) in [7, 11) is 0. The number of aromatic nitrogens is 1. The molecule has 152 valence electrons. The molecule has 1 aliphatic carbocycles. The van der Waals surface area contributed by atoms with Crippen molar-refractivity contribution in [1.82, 2.24) is 4.57 Å². The van der Waals surface area contributed by atoms with Crippen molar-refractivity contribution < 1.29 is 5.11 Å². The first-order chi connectivity index (χ1) is 14.7. The Balaban J connectivity index is 1.65. The summed E-state index contributed by atoms with van der Waals surface area (Å²) in [6.45, 7) is 2.29. The van der Waals surface area contributed by atoms with Gasteiger partial charge in [0.1, 0.15) is 0 Å². The smallest absolute Gasteiger partial charge is 0.211 e. The fourth-order valence-electron chi connectivity index (χ4n) is 4.46. The van der Waals surface area contributed by atoms with Gasteiger partial charge in [0.05, 0.1) is 16.3 Å². The van der Waals surface area contributed by atoms with Crippen LogP contribution < -0.4 is 4.80 Å². The van der Waals surface area contributed by atoms with Crippen LogP contribution in [-0.4, -0.2) is 15.9 Å². The maximum Gasteiger partial charge on any atom is 0.211 e. The number of aromatic hydroxyl groups is 1. The Bertz CT molecular complexity index is 1190. The highest BCUT2D eigenvalue weighted by Gasteiger charge is 2.27. The van der Waals surface area contributed by atoms with Gasteiger partial charge in [0, 0.05) is 23.4 Å². The summed E-state index contributed by atoms with van der Waals surface area (Å²) in [4.78, 5) is 11.1. The summed E-state index contributed by atoms with van der Waals surface area (Å²) >= 11 is 1.55. The largest absolute Gasteiger partial charge is 0.493 e. The molecule has 30 heavy (non-hydrogen) atoms. The molecule has 2 atom stereocenters. The van der Waals surface area contributed by atoms with Crippen LogP contribution in [0.4, 0.5) is 11.4 Å². The zero-order chi connectivity index (χ0) is 20.5. The van der Waals surface area contributed by atoms with E-state index in [2.05, 4.69) is 22.5 Å². The van der Waals surface area contributed by atoms with E-state index in [0.29, 0.717) is 11.8 Å². The topological polar surface area (TPSA) is 49.9 Å². The van der Waals surface area contributed by atoms with E-state index in [9.17, 15) is 5.11 Å². The minimum atomic E-state index is 0.272. The van der Waals surface area contributed by atoms with E-state index in [0.717, 1.165) is 38.6 Å². The highest BCUT2D eigenvalue weighted by molar-refractivity contribution is 7.10. The molecule has 1 fully saturated rings. The van der Waals surface area contributed by atoms with Crippen molar-refractivity contribution in [3.63, 3.8) is 0 Å². The fraction of sp³-hybridized carbons (Fsp3) is 0.280. The Labute approximate surface area is 180 Å². The number of fused-ring (bicyclic) bond motifs is 1. The molecule has 0 saturated heterocycles. The molecule has 1 saturated carbocycles. The second kappa shape index (κ2) is 8.07. The number of aliphatic imine (C=N–C) groups is 1. The molecule has 0 unspecified atom stereocenters. The van der Waals surface area contributed by atoms with E-state index in [-0.39, 0.29) is 6.04 Å². The molecule has 5 rings (SSSR count). The van der Waals surface area contributed by atoms with Crippen molar-refractivity contribution >= 4 is 40.6 Å². The van der Waals surface area contributed by atoms with Gasteiger partial charge in [-0.3, -0.25) is 9.56 Å². The number of thiazole rings is 1. The number of nitrogens with zero attached hydrogens (tertiary/aromatic N) is 3. The average molecular weight is 416 g/mol. The summed E-state index contributed by atoms with van der Waals surface area (Å²) in [6.07, 6.45) is 8.65. The molecule has 0 spiro atoms. The van der Waals surface area contributed by atoms with E-state index < -0.39 is 0 Å². The lowest BCUT2D eigenvalue weighted by Crippen LogP contribution is -2.27. The van der Waals surface area contributed by atoms with Crippen molar-refractivity contribution in [2.24, 2.45) is 15.9 Å². The molecule has 5 heteroatoms. The lowest BCUT2D eigenvalue weighted by atomic mass is 9.86. The van der Waals surface area contributed by atoms with E-state index >= 15 is 0 Å². The average Bonchev–Trinajstić information content (AvgIpc) is 3.31. The first-order valence-corrected chi connectivity index (χ1v) is 11.4. The summed E-state index contributed by atoms with van der Waals surface area (Å²) < 4.78 is 2.08. The third-order valence-electron chi connectivity index (χ3n) is 6.08. The van der Waals surface area contributed by atoms with Crippen molar-refractivity contribution in [2.45, 2.75) is 38.6 Å². The Morgan fingerprint density at radius 3 is 2.67 bits per heavy atom. The number of benzene rings is 2. The summed E-state index contributed by atoms with van der Waals surface area (Å²) in [5, 5.41) is 11.3. The van der Waals surface area contributed by atoms with Crippen LogP contribution in [0.5, 0.6) is 5.88 Å². The van der Waals surface area contributed by atoms with Crippen LogP contribution in [0.15, 0.2) is 64.6 Å². The molecule has 0 amide bonds. The van der Waals surface area contributed by atoms with Crippen molar-refractivity contribution in [3.05, 3.63) is 69.8 Å². The van der Waals surface area contributed by atoms with E-state index in [1.165, 1.54) is 19.3 Å². The Morgan fingerprint density at radius 2 is 1.83 bits per heavy atom. The number of rotatable bonds is 3. The van der Waals surface area contributed by atoms with Crippen LogP contribution >= 0.6 is 11.3 Å². The van der Waals surface area contributed by atoms with Gasteiger partial charge in [-0.15, -0.1) is 0 Å². The molecule has 1 aromatic heterocycles. The van der Waals surface area contributed by atoms with Gasteiger partial charge in [-0.1, -0.05) is 67.5 Å². The number of hydrogen-bond acceptors (Lipinski definition) is 4. The minimum absolute atomic E-state index is 0.272. The first-order valence-electron chi connectivity index (χ1n) is 10.6. The molecule has 2 aliphatic rings. The predicted molar refractivity (Wildman–Crippen MR) is 125 cm³/mol. The van der Waals surface area contributed by atoms with Gasteiger partial charge in [-0.2, -0.15) is 0 Å². The Hall–Kier alpha value is -2.92. The predicted octanol–water partition coefficient (Wildman–Crippen LogP) is 6.50. The molecule has 1 aliphatic heterocycles. The van der Waals surface area contributed by atoms with Crippen LogP contribution in [-0.2, 0) is 0 Å². The van der Waals surface area contributed by atoms with E-state index in [1.54, 1.807) is 11.3 Å². The van der Waals surface area contributed by atoms with Gasteiger partial charge < -0.3 is 5.11 Å². The summed E-state index contributed by atoms with van der Waals surface area (Å²) in [5.41, 5.74) is 4.01. The molecule has 0 radical (unpaired) electrons. The Kier molecular flexibility index (Phi) is 5.13. The van der Waals surface area contributed by atoms with Crippen molar-refractivity contribution in [3.8, 4) is 5.88 Å². The summed E-state index contributed by atoms with van der Waals surface area (Å²) in [6, 6.07) is 18.4. The highest BCUT2D eigenvalue weighted by atomic mass is 32.1. The quantitative estimate of drug-likeness (QED) is 0.522. The SMILES string of the molecule is C[C@H]1CCCC[C@H]1n1c(O)c(C=C2C=Nc3ccccc32)sc1=Nc1ccccc1. The molecule has 0 bridgehead atoms. The van der Waals surface area contributed by atoms with Gasteiger partial charge in [0.2, 0.25) is 5.88 Å². The molecule has 3 aromatic rings.